The molecule has 2 heteroatoms. The minimum absolute atomic E-state index is 0.0421. The Morgan fingerprint density at radius 3 is 1.02 bits per heavy atom. The highest BCUT2D eigenvalue weighted by molar-refractivity contribution is 6.26. The minimum atomic E-state index is -0.554. The van der Waals surface area contributed by atoms with Gasteiger partial charge in [0.15, 0.2) is 0 Å². The molecule has 2 heterocycles. The van der Waals surface area contributed by atoms with Crippen LogP contribution in [0.1, 0.15) is 63.7 Å². The molecule has 2 nitrogen and oxygen atoms in total. The first-order chi connectivity index (χ1) is 28.5. The fourth-order valence-electron chi connectivity index (χ4n) is 8.27. The quantitative estimate of drug-likeness (QED) is 0.171. The van der Waals surface area contributed by atoms with Crippen LogP contribution in [0.2, 0.25) is 0 Å². The summed E-state index contributed by atoms with van der Waals surface area (Å²) >= 11 is 0. The second kappa shape index (κ2) is 10.3. The van der Waals surface area contributed by atoms with Crippen molar-refractivity contribution < 1.29 is 13.7 Å². The zero-order chi connectivity index (χ0) is 42.5. The van der Waals surface area contributed by atoms with E-state index in [1.165, 1.54) is 0 Å². The molecule has 0 unspecified atom stereocenters. The van der Waals surface area contributed by atoms with Gasteiger partial charge < -0.3 is 9.80 Å². The van der Waals surface area contributed by atoms with E-state index in [2.05, 4.69) is 27.7 Å². The second-order valence-electron chi connectivity index (χ2n) is 14.2. The number of fused-ring (bicyclic) bond motifs is 10. The molecule has 2 aliphatic heterocycles. The van der Waals surface area contributed by atoms with Crippen molar-refractivity contribution in [3.8, 4) is 0 Å². The Hall–Kier alpha value is -5.86. The van der Waals surface area contributed by atoms with E-state index in [0.29, 0.717) is 22.7 Å². The van der Waals surface area contributed by atoms with Crippen LogP contribution in [0.3, 0.4) is 0 Å². The predicted octanol–water partition coefficient (Wildman–Crippen LogP) is 13.4. The third-order valence-corrected chi connectivity index (χ3v) is 10.8. The van der Waals surface area contributed by atoms with Crippen LogP contribution in [0.25, 0.3) is 32.3 Å². The summed E-state index contributed by atoms with van der Waals surface area (Å²) in [6.07, 6.45) is 0. The van der Waals surface area contributed by atoms with Crippen LogP contribution in [0.5, 0.6) is 0 Å². The molecular formula is C48H38N2. The summed E-state index contributed by atoms with van der Waals surface area (Å²) in [6, 6.07) is 26.9. The summed E-state index contributed by atoms with van der Waals surface area (Å²) < 4.78 is 95.7. The van der Waals surface area contributed by atoms with Gasteiger partial charge in [-0.05, 0) is 103 Å². The number of nitrogens with zero attached hydrogens (tertiary/aromatic N) is 2. The molecule has 0 fully saturated rings. The Labute approximate surface area is 307 Å². The molecule has 240 valence electrons. The Kier molecular flexibility index (Phi) is 4.25. The second-order valence-corrected chi connectivity index (χ2v) is 14.2. The van der Waals surface area contributed by atoms with Gasteiger partial charge in [-0.15, -0.1) is 0 Å². The van der Waals surface area contributed by atoms with Gasteiger partial charge in [-0.3, -0.25) is 0 Å². The van der Waals surface area contributed by atoms with Crippen LogP contribution >= 0.6 is 0 Å². The number of benzene rings is 8. The highest BCUT2D eigenvalue weighted by Crippen LogP contribution is 2.54. The maximum Gasteiger partial charge on any atom is 0.0652 e. The molecule has 8 aromatic rings. The number of hydrogen-bond donors (Lipinski definition) is 0. The summed E-state index contributed by atoms with van der Waals surface area (Å²) in [5, 5.41) is -0.427. The van der Waals surface area contributed by atoms with Crippen molar-refractivity contribution in [3.05, 3.63) is 180 Å². The molecule has 0 aromatic heterocycles. The third kappa shape index (κ3) is 3.91. The van der Waals surface area contributed by atoms with Crippen LogP contribution in [0, 0.1) is 0 Å². The van der Waals surface area contributed by atoms with Gasteiger partial charge >= 0.3 is 0 Å². The molecule has 8 aromatic carbocycles. The highest BCUT2D eigenvalue weighted by Gasteiger charge is 2.38. The van der Waals surface area contributed by atoms with Crippen LogP contribution < -0.4 is 9.80 Å². The van der Waals surface area contributed by atoms with Crippen LogP contribution in [-0.4, -0.2) is 0 Å². The van der Waals surface area contributed by atoms with Gasteiger partial charge in [0.2, 0.25) is 0 Å². The minimum Gasteiger partial charge on any atom is -0.310 e. The topological polar surface area (TPSA) is 6.48 Å². The van der Waals surface area contributed by atoms with E-state index in [1.54, 1.807) is 9.80 Å². The predicted molar refractivity (Wildman–Crippen MR) is 213 cm³/mol. The molecule has 0 N–H and O–H groups in total. The monoisotopic (exact) mass is 652 g/mol. The molecule has 2 aliphatic rings. The zero-order valence-electron chi connectivity index (χ0n) is 38.1. The van der Waals surface area contributed by atoms with Crippen LogP contribution in [-0.2, 0) is 10.8 Å². The van der Waals surface area contributed by atoms with Gasteiger partial charge in [-0.2, -0.15) is 0 Å². The summed E-state index contributed by atoms with van der Waals surface area (Å²) in [5.41, 5.74) is 5.69. The van der Waals surface area contributed by atoms with Crippen molar-refractivity contribution >= 4 is 66.4 Å². The van der Waals surface area contributed by atoms with E-state index in [4.69, 9.17) is 2.74 Å². The van der Waals surface area contributed by atoms with Crippen molar-refractivity contribution in [2.75, 3.05) is 9.80 Å². The summed E-state index contributed by atoms with van der Waals surface area (Å²) in [4.78, 5) is 3.59. The molecule has 0 aliphatic carbocycles. The standard InChI is InChI=1S/C48H38N2/c1-47(2)39-17-7-11-21-43(39)49(44-22-12-8-18-40(44)47)31-25-27-35-36-28-26-32(30-38(36)34-16-6-5-15-33(34)37(35)29-31)50-45-23-13-9-19-41(45)48(3,4)42-20-10-14-24-46(42)50/h5-30H,1-4H3/i5D,6D,15D,16D,25D,26D,27D,28D,29D,30D. The van der Waals surface area contributed by atoms with Gasteiger partial charge in [0.1, 0.15) is 0 Å². The average Bonchev–Trinajstić information content (AvgIpc) is 3.24. The Bertz CT molecular complexity index is 2910. The van der Waals surface area contributed by atoms with Crippen LogP contribution in [0.4, 0.5) is 34.1 Å². The van der Waals surface area contributed by atoms with E-state index in [0.717, 1.165) is 22.3 Å². The fraction of sp³-hybridized carbons (Fsp3) is 0.125. The van der Waals surface area contributed by atoms with Crippen molar-refractivity contribution in [2.45, 2.75) is 38.5 Å². The molecule has 0 bridgehead atoms. The normalized spacial score (nSPS) is 18.2. The lowest BCUT2D eigenvalue weighted by molar-refractivity contribution is 0.632. The van der Waals surface area contributed by atoms with E-state index in [9.17, 15) is 11.0 Å². The zero-order valence-corrected chi connectivity index (χ0v) is 28.1. The molecule has 0 spiro atoms. The molecule has 0 saturated heterocycles. The summed E-state index contributed by atoms with van der Waals surface area (Å²) in [6.45, 7) is 8.45. The Balaban J connectivity index is 1.40. The molecule has 10 rings (SSSR count). The van der Waals surface area contributed by atoms with Crippen LogP contribution in [0.15, 0.2) is 157 Å². The average molecular weight is 653 g/mol. The molecule has 0 amide bonds. The van der Waals surface area contributed by atoms with E-state index >= 15 is 0 Å². The largest absolute Gasteiger partial charge is 0.310 e. The van der Waals surface area contributed by atoms with Crippen molar-refractivity contribution in [1.82, 2.24) is 0 Å². The first kappa shape index (κ1) is 20.6. The highest BCUT2D eigenvalue weighted by atomic mass is 15.2. The lowest BCUT2D eigenvalue weighted by atomic mass is 9.73. The Morgan fingerprint density at radius 2 is 0.680 bits per heavy atom. The summed E-state index contributed by atoms with van der Waals surface area (Å²) in [5.74, 6) is 0. The first-order valence-corrected chi connectivity index (χ1v) is 16.9. The number of rotatable bonds is 2. The fourth-order valence-corrected chi connectivity index (χ4v) is 8.27. The molecule has 0 atom stereocenters. The maximum atomic E-state index is 10.1. The number of para-hydroxylation sites is 4. The van der Waals surface area contributed by atoms with E-state index in [-0.39, 0.29) is 79.9 Å². The Morgan fingerprint density at radius 1 is 0.380 bits per heavy atom. The van der Waals surface area contributed by atoms with Crippen molar-refractivity contribution in [3.63, 3.8) is 0 Å². The first-order valence-electron chi connectivity index (χ1n) is 21.9. The SMILES string of the molecule is [2H]c1c([2H])c([2H])c2c(c1[2H])c1c([2H])c(N3c4ccccc4C(C)(C)c4ccccc43)c([2H])c([2H])c1c1c([2H])c([2H])c(N3c4ccccc4C(C)(C)c4ccccc43)c([2H])c21. The van der Waals surface area contributed by atoms with Crippen molar-refractivity contribution in [2.24, 2.45) is 0 Å². The van der Waals surface area contributed by atoms with Gasteiger partial charge in [0.25, 0.3) is 0 Å². The molecule has 0 saturated carbocycles. The van der Waals surface area contributed by atoms with E-state index < -0.39 is 35.0 Å². The van der Waals surface area contributed by atoms with Gasteiger partial charge in [-0.1, -0.05) is 137 Å². The number of anilines is 6. The molecule has 50 heavy (non-hydrogen) atoms. The van der Waals surface area contributed by atoms with Crippen molar-refractivity contribution in [1.29, 1.82) is 0 Å². The van der Waals surface area contributed by atoms with Gasteiger partial charge in [-0.25, -0.2) is 0 Å². The van der Waals surface area contributed by atoms with Gasteiger partial charge in [0, 0.05) is 22.2 Å². The maximum absolute atomic E-state index is 10.1. The molecule has 0 radical (unpaired) electrons. The smallest absolute Gasteiger partial charge is 0.0652 e. The number of hydrogen-bond acceptors (Lipinski definition) is 2. The summed E-state index contributed by atoms with van der Waals surface area (Å²) in [7, 11) is 0. The molecular weight excluding hydrogens is 605 g/mol. The lowest BCUT2D eigenvalue weighted by Crippen LogP contribution is -2.30. The van der Waals surface area contributed by atoms with E-state index in [1.807, 2.05) is 97.1 Å². The third-order valence-electron chi connectivity index (χ3n) is 10.8. The lowest BCUT2D eigenvalue weighted by Gasteiger charge is -2.42. The van der Waals surface area contributed by atoms with Gasteiger partial charge in [0.05, 0.1) is 36.5 Å².